The second-order valence-corrected chi connectivity index (χ2v) is 5.40. The highest BCUT2D eigenvalue weighted by Gasteiger charge is 2.33. The van der Waals surface area contributed by atoms with Gasteiger partial charge in [0, 0.05) is 22.8 Å². The third-order valence-electron chi connectivity index (χ3n) is 2.92. The van der Waals surface area contributed by atoms with Gasteiger partial charge in [0.2, 0.25) is 0 Å². The first-order chi connectivity index (χ1) is 9.00. The lowest BCUT2D eigenvalue weighted by Gasteiger charge is -2.12. The lowest BCUT2D eigenvalue weighted by molar-refractivity contribution is -0.138. The fourth-order valence-corrected chi connectivity index (χ4v) is 2.95. The molecule has 6 heteroatoms. The number of benzene rings is 1. The van der Waals surface area contributed by atoms with Crippen LogP contribution in [0.25, 0.3) is 0 Å². The second-order valence-electron chi connectivity index (χ2n) is 4.31. The Morgan fingerprint density at radius 3 is 2.79 bits per heavy atom. The van der Waals surface area contributed by atoms with E-state index in [0.717, 1.165) is 25.5 Å². The van der Waals surface area contributed by atoms with Gasteiger partial charge in [-0.25, -0.2) is 0 Å². The highest BCUT2D eigenvalue weighted by Crippen LogP contribution is 2.34. The van der Waals surface area contributed by atoms with Crippen LogP contribution in [-0.4, -0.2) is 24.7 Å². The number of ether oxygens (including phenoxy) is 1. The molecule has 2 rings (SSSR count). The first-order valence-electron chi connectivity index (χ1n) is 5.91. The normalized spacial score (nSPS) is 19.6. The minimum absolute atomic E-state index is 0.116. The van der Waals surface area contributed by atoms with Crippen molar-refractivity contribution >= 4 is 18.0 Å². The van der Waals surface area contributed by atoms with Gasteiger partial charge in [0.05, 0.1) is 11.7 Å². The van der Waals surface area contributed by atoms with E-state index in [2.05, 4.69) is 0 Å². The van der Waals surface area contributed by atoms with Crippen LogP contribution in [0, 0.1) is 0 Å². The molecule has 19 heavy (non-hydrogen) atoms. The molecule has 1 saturated heterocycles. The van der Waals surface area contributed by atoms with Gasteiger partial charge in [-0.05, 0) is 31.0 Å². The maximum absolute atomic E-state index is 12.8. The molecule has 1 heterocycles. The standard InChI is InChI=1S/C13H13F3O2S/c14-13(15,16)12-6-11(4-3-9(12)7-17)19-8-10-2-1-5-18-10/h3-4,6-7,10H,1-2,5,8H2. The molecule has 1 fully saturated rings. The van der Waals surface area contributed by atoms with Crippen LogP contribution in [0.3, 0.4) is 0 Å². The monoisotopic (exact) mass is 290 g/mol. The van der Waals surface area contributed by atoms with Gasteiger partial charge in [0.1, 0.15) is 0 Å². The van der Waals surface area contributed by atoms with Crippen molar-refractivity contribution in [2.75, 3.05) is 12.4 Å². The van der Waals surface area contributed by atoms with Crippen molar-refractivity contribution in [2.24, 2.45) is 0 Å². The van der Waals surface area contributed by atoms with Crippen LogP contribution in [0.15, 0.2) is 23.1 Å². The molecule has 0 spiro atoms. The van der Waals surface area contributed by atoms with Crippen LogP contribution in [0.5, 0.6) is 0 Å². The number of carbonyl (C=O) groups is 1. The topological polar surface area (TPSA) is 26.3 Å². The van der Waals surface area contributed by atoms with E-state index in [1.54, 1.807) is 6.07 Å². The van der Waals surface area contributed by atoms with Crippen LogP contribution in [0.1, 0.15) is 28.8 Å². The SMILES string of the molecule is O=Cc1ccc(SCC2CCCO2)cc1C(F)(F)F. The average Bonchev–Trinajstić information content (AvgIpc) is 2.88. The minimum Gasteiger partial charge on any atom is -0.377 e. The van der Waals surface area contributed by atoms with Gasteiger partial charge in [0.25, 0.3) is 0 Å². The summed E-state index contributed by atoms with van der Waals surface area (Å²) in [7, 11) is 0. The summed E-state index contributed by atoms with van der Waals surface area (Å²) in [6.45, 7) is 0.725. The summed E-state index contributed by atoms with van der Waals surface area (Å²) < 4.78 is 43.7. The molecule has 0 aromatic heterocycles. The van der Waals surface area contributed by atoms with E-state index in [0.29, 0.717) is 10.6 Å². The fraction of sp³-hybridized carbons (Fsp3) is 0.462. The van der Waals surface area contributed by atoms with Crippen molar-refractivity contribution in [3.05, 3.63) is 29.3 Å². The van der Waals surface area contributed by atoms with Crippen LogP contribution in [0.2, 0.25) is 0 Å². The van der Waals surface area contributed by atoms with Crippen molar-refractivity contribution in [2.45, 2.75) is 30.0 Å². The van der Waals surface area contributed by atoms with Crippen molar-refractivity contribution in [3.63, 3.8) is 0 Å². The van der Waals surface area contributed by atoms with Crippen LogP contribution in [0.4, 0.5) is 13.2 Å². The second kappa shape index (κ2) is 5.96. The van der Waals surface area contributed by atoms with Gasteiger partial charge in [0.15, 0.2) is 6.29 Å². The Kier molecular flexibility index (Phi) is 4.52. The van der Waals surface area contributed by atoms with E-state index in [-0.39, 0.29) is 18.0 Å². The maximum atomic E-state index is 12.8. The summed E-state index contributed by atoms with van der Waals surface area (Å²) in [6, 6.07) is 3.79. The molecule has 1 aliphatic heterocycles. The van der Waals surface area contributed by atoms with E-state index < -0.39 is 11.7 Å². The lowest BCUT2D eigenvalue weighted by atomic mass is 10.1. The molecule has 1 aromatic rings. The van der Waals surface area contributed by atoms with Crippen molar-refractivity contribution in [1.82, 2.24) is 0 Å². The predicted octanol–water partition coefficient (Wildman–Crippen LogP) is 3.79. The van der Waals surface area contributed by atoms with E-state index in [4.69, 9.17) is 4.74 Å². The lowest BCUT2D eigenvalue weighted by Crippen LogP contribution is -2.10. The Morgan fingerprint density at radius 2 is 2.21 bits per heavy atom. The summed E-state index contributed by atoms with van der Waals surface area (Å²) in [4.78, 5) is 11.1. The quantitative estimate of drug-likeness (QED) is 0.623. The molecule has 104 valence electrons. The predicted molar refractivity (Wildman–Crippen MR) is 66.5 cm³/mol. The number of alkyl halides is 3. The third-order valence-corrected chi connectivity index (χ3v) is 4.04. The average molecular weight is 290 g/mol. The zero-order valence-electron chi connectivity index (χ0n) is 10.1. The molecule has 2 nitrogen and oxygen atoms in total. The molecular weight excluding hydrogens is 277 g/mol. The molecule has 0 amide bonds. The number of aldehydes is 1. The smallest absolute Gasteiger partial charge is 0.377 e. The Labute approximate surface area is 113 Å². The summed E-state index contributed by atoms with van der Waals surface area (Å²) >= 11 is 1.33. The summed E-state index contributed by atoms with van der Waals surface area (Å²) in [5, 5.41) is 0. The third kappa shape index (κ3) is 3.73. The molecule has 0 radical (unpaired) electrons. The Bertz CT molecular complexity index is 454. The number of hydrogen-bond donors (Lipinski definition) is 0. The molecular formula is C13H13F3O2S. The molecule has 0 N–H and O–H groups in total. The first-order valence-corrected chi connectivity index (χ1v) is 6.90. The molecule has 1 aliphatic rings. The van der Waals surface area contributed by atoms with Crippen LogP contribution in [-0.2, 0) is 10.9 Å². The highest BCUT2D eigenvalue weighted by molar-refractivity contribution is 7.99. The van der Waals surface area contributed by atoms with E-state index in [9.17, 15) is 18.0 Å². The van der Waals surface area contributed by atoms with Crippen LogP contribution < -0.4 is 0 Å². The number of carbonyl (C=O) groups excluding carboxylic acids is 1. The molecule has 1 atom stereocenters. The molecule has 1 unspecified atom stereocenters. The number of rotatable bonds is 4. The zero-order chi connectivity index (χ0) is 13.9. The van der Waals surface area contributed by atoms with E-state index in [1.165, 1.54) is 17.8 Å². The Balaban J connectivity index is 2.11. The molecule has 0 saturated carbocycles. The Hall–Kier alpha value is -1.01. The summed E-state index contributed by atoms with van der Waals surface area (Å²) in [6.07, 6.45) is -2.20. The van der Waals surface area contributed by atoms with Gasteiger partial charge >= 0.3 is 6.18 Å². The van der Waals surface area contributed by atoms with Crippen molar-refractivity contribution < 1.29 is 22.7 Å². The molecule has 0 aliphatic carbocycles. The minimum atomic E-state index is -4.50. The van der Waals surface area contributed by atoms with Gasteiger partial charge in [-0.2, -0.15) is 13.2 Å². The Morgan fingerprint density at radius 1 is 1.42 bits per heavy atom. The van der Waals surface area contributed by atoms with E-state index >= 15 is 0 Å². The number of hydrogen-bond acceptors (Lipinski definition) is 3. The van der Waals surface area contributed by atoms with Crippen molar-refractivity contribution in [1.29, 1.82) is 0 Å². The molecule has 0 bridgehead atoms. The molecule has 1 aromatic carbocycles. The fourth-order valence-electron chi connectivity index (χ4n) is 1.94. The number of halogens is 3. The van der Waals surface area contributed by atoms with Crippen LogP contribution >= 0.6 is 11.8 Å². The van der Waals surface area contributed by atoms with Gasteiger partial charge in [-0.3, -0.25) is 4.79 Å². The van der Waals surface area contributed by atoms with E-state index in [1.807, 2.05) is 0 Å². The number of thioether (sulfide) groups is 1. The van der Waals surface area contributed by atoms with Gasteiger partial charge < -0.3 is 4.74 Å². The zero-order valence-corrected chi connectivity index (χ0v) is 10.9. The highest BCUT2D eigenvalue weighted by atomic mass is 32.2. The maximum Gasteiger partial charge on any atom is 0.417 e. The summed E-state index contributed by atoms with van der Waals surface area (Å²) in [5.74, 6) is 0.637. The van der Waals surface area contributed by atoms with Crippen molar-refractivity contribution in [3.8, 4) is 0 Å². The summed E-state index contributed by atoms with van der Waals surface area (Å²) in [5.41, 5.74) is -1.20. The van der Waals surface area contributed by atoms with Gasteiger partial charge in [-0.1, -0.05) is 0 Å². The largest absolute Gasteiger partial charge is 0.417 e. The first kappa shape index (κ1) is 14.4. The van der Waals surface area contributed by atoms with Gasteiger partial charge in [-0.15, -0.1) is 11.8 Å².